The molecule has 0 amide bonds. The second-order valence-corrected chi connectivity index (χ2v) is 7.25. The molecule has 2 nitrogen and oxygen atoms in total. The third-order valence-corrected chi connectivity index (χ3v) is 5.52. The number of aromatic nitrogens is 1. The molecule has 2 aliphatic heterocycles. The lowest BCUT2D eigenvalue weighted by Gasteiger charge is -2.32. The molecule has 0 atom stereocenters. The summed E-state index contributed by atoms with van der Waals surface area (Å²) in [6.07, 6.45) is 2.46. The van der Waals surface area contributed by atoms with E-state index in [-0.39, 0.29) is 32.3 Å². The summed E-state index contributed by atoms with van der Waals surface area (Å²) in [7, 11) is 0. The van der Waals surface area contributed by atoms with E-state index in [9.17, 15) is 17.6 Å². The quantitative estimate of drug-likeness (QED) is 0.291. The fourth-order valence-corrected chi connectivity index (χ4v) is 4.32. The van der Waals surface area contributed by atoms with Crippen LogP contribution in [0.25, 0.3) is 5.57 Å². The minimum absolute atomic E-state index is 0.0565. The Morgan fingerprint density at radius 1 is 0.923 bits per heavy atom. The molecule has 0 bridgehead atoms. The van der Waals surface area contributed by atoms with Crippen molar-refractivity contribution in [2.75, 3.05) is 0 Å². The van der Waals surface area contributed by atoms with Crippen LogP contribution < -0.4 is 0 Å². The van der Waals surface area contributed by atoms with Crippen molar-refractivity contribution in [3.63, 3.8) is 0 Å². The van der Waals surface area contributed by atoms with Gasteiger partial charge < -0.3 is 17.6 Å². The predicted octanol–water partition coefficient (Wildman–Crippen LogP) is 5.18. The number of halogens is 8. The first kappa shape index (κ1) is 17.7. The van der Waals surface area contributed by atoms with E-state index in [4.69, 9.17) is 0 Å². The molecule has 2 aliphatic rings. The molecule has 0 aliphatic carbocycles. The predicted molar refractivity (Wildman–Crippen MR) is 91.1 cm³/mol. The summed E-state index contributed by atoms with van der Waals surface area (Å²) >= 11 is 5.96. The van der Waals surface area contributed by atoms with Gasteiger partial charge in [0.15, 0.2) is 29.0 Å². The number of rotatable bonds is 1. The average Bonchev–Trinajstić information content (AvgIpc) is 3.13. The van der Waals surface area contributed by atoms with E-state index in [1.54, 1.807) is 0 Å². The van der Waals surface area contributed by atoms with Gasteiger partial charge in [-0.15, -0.1) is 0 Å². The molecule has 0 radical (unpaired) electrons. The zero-order chi connectivity index (χ0) is 19.0. The molecule has 26 heavy (non-hydrogen) atoms. The van der Waals surface area contributed by atoms with Crippen molar-refractivity contribution in [1.82, 2.24) is 4.48 Å². The highest BCUT2D eigenvalue weighted by molar-refractivity contribution is 9.18. The molecule has 11 heteroatoms. The Bertz CT molecular complexity index is 1060. The van der Waals surface area contributed by atoms with Crippen LogP contribution in [0.3, 0.4) is 0 Å². The molecule has 0 N–H and O–H groups in total. The SMILES string of the molecule is Fc1cc(F)c(F)c(C2=C3C=CC(Br)=[N+]3[B-](F)(F)n3c(Br)ccc32)c1F. The molecule has 0 saturated heterocycles. The lowest BCUT2D eigenvalue weighted by atomic mass is 9.86. The van der Waals surface area contributed by atoms with Crippen LogP contribution in [-0.4, -0.2) is 20.6 Å². The van der Waals surface area contributed by atoms with Crippen molar-refractivity contribution in [3.8, 4) is 0 Å². The van der Waals surface area contributed by atoms with Gasteiger partial charge in [0.25, 0.3) is 0 Å². The molecule has 1 aromatic carbocycles. The van der Waals surface area contributed by atoms with Crippen molar-refractivity contribution in [1.29, 1.82) is 0 Å². The molecule has 3 heterocycles. The van der Waals surface area contributed by atoms with Crippen molar-refractivity contribution >= 4 is 49.0 Å². The van der Waals surface area contributed by atoms with E-state index < -0.39 is 35.8 Å². The normalized spacial score (nSPS) is 17.8. The van der Waals surface area contributed by atoms with E-state index in [2.05, 4.69) is 31.9 Å². The summed E-state index contributed by atoms with van der Waals surface area (Å²) in [4.78, 5) is 0. The van der Waals surface area contributed by atoms with E-state index in [0.29, 0.717) is 8.96 Å². The summed E-state index contributed by atoms with van der Waals surface area (Å²) in [6.45, 7) is -4.42. The lowest BCUT2D eigenvalue weighted by molar-refractivity contribution is -0.358. The number of nitrogens with zero attached hydrogens (tertiary/aromatic N) is 2. The summed E-state index contributed by atoms with van der Waals surface area (Å²) in [6, 6.07) is 2.53. The molecule has 0 saturated carbocycles. The molecule has 134 valence electrons. The van der Waals surface area contributed by atoms with Crippen LogP contribution in [0.5, 0.6) is 0 Å². The lowest BCUT2D eigenvalue weighted by Crippen LogP contribution is -2.50. The second kappa shape index (κ2) is 5.62. The maximum Gasteiger partial charge on any atom is 0.738 e. The highest BCUT2D eigenvalue weighted by atomic mass is 79.9. The topological polar surface area (TPSA) is 7.94 Å². The molecule has 2 aromatic rings. The average molecular weight is 498 g/mol. The minimum Gasteiger partial charge on any atom is -0.389 e. The number of hydrogen-bond donors (Lipinski definition) is 0. The minimum atomic E-state index is -4.42. The van der Waals surface area contributed by atoms with Gasteiger partial charge in [0.05, 0.1) is 15.7 Å². The summed E-state index contributed by atoms with van der Waals surface area (Å²) in [5.41, 5.74) is -1.99. The van der Waals surface area contributed by atoms with Gasteiger partial charge in [-0.25, -0.2) is 17.6 Å². The van der Waals surface area contributed by atoms with Crippen LogP contribution in [0.2, 0.25) is 0 Å². The zero-order valence-corrected chi connectivity index (χ0v) is 15.6. The third kappa shape index (κ3) is 2.16. The second-order valence-electron chi connectivity index (χ2n) is 5.63. The third-order valence-electron chi connectivity index (χ3n) is 4.23. The summed E-state index contributed by atoms with van der Waals surface area (Å²) < 4.78 is 87.2. The van der Waals surface area contributed by atoms with Gasteiger partial charge in [-0.05, 0) is 28.1 Å². The smallest absolute Gasteiger partial charge is 0.389 e. The molecule has 0 unspecified atom stereocenters. The van der Waals surface area contributed by atoms with Gasteiger partial charge in [0.2, 0.25) is 4.62 Å². The highest BCUT2D eigenvalue weighted by Gasteiger charge is 2.54. The number of allylic oxidation sites excluding steroid dienone is 2. The molecule has 0 fully saturated rings. The van der Waals surface area contributed by atoms with Crippen LogP contribution in [0.15, 0.2) is 40.7 Å². The number of benzene rings is 1. The summed E-state index contributed by atoms with van der Waals surface area (Å²) in [5.74, 6) is -6.57. The Labute approximate surface area is 159 Å². The van der Waals surface area contributed by atoms with Crippen molar-refractivity contribution in [3.05, 3.63) is 75.2 Å². The number of fused-ring (bicyclic) bond motifs is 2. The van der Waals surface area contributed by atoms with Crippen LogP contribution in [-0.2, 0) is 0 Å². The molecular formula is C15H5BBr2F6N2. The van der Waals surface area contributed by atoms with E-state index >= 15 is 8.63 Å². The first-order chi connectivity index (χ1) is 12.2. The zero-order valence-electron chi connectivity index (χ0n) is 12.4. The molecule has 1 aromatic heterocycles. The van der Waals surface area contributed by atoms with E-state index in [0.717, 1.165) is 0 Å². The Balaban J connectivity index is 2.19. The van der Waals surface area contributed by atoms with Crippen molar-refractivity contribution in [2.45, 2.75) is 0 Å². The Morgan fingerprint density at radius 3 is 2.15 bits per heavy atom. The van der Waals surface area contributed by atoms with Crippen LogP contribution in [0.1, 0.15) is 11.3 Å². The fourth-order valence-electron chi connectivity index (χ4n) is 3.18. The van der Waals surface area contributed by atoms with Crippen LogP contribution in [0.4, 0.5) is 26.2 Å². The summed E-state index contributed by atoms with van der Waals surface area (Å²) in [5, 5.41) is 0. The van der Waals surface area contributed by atoms with Gasteiger partial charge in [0.1, 0.15) is 0 Å². The first-order valence-corrected chi connectivity index (χ1v) is 8.72. The van der Waals surface area contributed by atoms with Gasteiger partial charge in [0, 0.05) is 39.8 Å². The van der Waals surface area contributed by atoms with Crippen LogP contribution >= 0.6 is 31.9 Å². The standard InChI is InChI=1S/C15H5BBr2F6N2/c17-10-3-1-8-12(13-14(21)6(19)5-7(20)15(13)22)9-2-4-11(18)26(9)16(23,24)25(8)10/h1-5H. The van der Waals surface area contributed by atoms with Gasteiger partial charge in [-0.1, -0.05) is 0 Å². The maximum absolute atomic E-state index is 15.0. The van der Waals surface area contributed by atoms with Gasteiger partial charge in [-0.2, -0.15) is 0 Å². The molecule has 4 rings (SSSR count). The van der Waals surface area contributed by atoms with E-state index in [1.165, 1.54) is 24.3 Å². The van der Waals surface area contributed by atoms with Crippen molar-refractivity contribution < 1.29 is 30.7 Å². The first-order valence-electron chi connectivity index (χ1n) is 7.13. The van der Waals surface area contributed by atoms with Crippen LogP contribution in [0, 0.1) is 23.3 Å². The highest BCUT2D eigenvalue weighted by Crippen LogP contribution is 2.43. The van der Waals surface area contributed by atoms with E-state index in [1.807, 2.05) is 0 Å². The number of hydrogen-bond acceptors (Lipinski definition) is 0. The Morgan fingerprint density at radius 2 is 1.54 bits per heavy atom. The molecular weight excluding hydrogens is 493 g/mol. The Hall–Kier alpha value is -1.75. The maximum atomic E-state index is 15.0. The fraction of sp³-hybridized carbons (Fsp3) is 0. The molecule has 0 spiro atoms. The van der Waals surface area contributed by atoms with Gasteiger partial charge >= 0.3 is 6.97 Å². The Kier molecular flexibility index (Phi) is 3.82. The monoisotopic (exact) mass is 496 g/mol. The largest absolute Gasteiger partial charge is 0.738 e. The van der Waals surface area contributed by atoms with Gasteiger partial charge in [-0.3, -0.25) is 0 Å². The van der Waals surface area contributed by atoms with Crippen molar-refractivity contribution in [2.24, 2.45) is 0 Å².